The van der Waals surface area contributed by atoms with Crippen LogP contribution in [0.1, 0.15) is 37.8 Å². The largest absolute Gasteiger partial charge is 0.373 e. The van der Waals surface area contributed by atoms with Crippen LogP contribution in [0.3, 0.4) is 0 Å². The Morgan fingerprint density at radius 3 is 2.63 bits per heavy atom. The first-order valence-electron chi connectivity index (χ1n) is 7.50. The van der Waals surface area contributed by atoms with Gasteiger partial charge in [0.15, 0.2) is 0 Å². The van der Waals surface area contributed by atoms with Gasteiger partial charge in [-0.1, -0.05) is 25.1 Å². The highest BCUT2D eigenvalue weighted by Gasteiger charge is 2.15. The third kappa shape index (κ3) is 3.71. The summed E-state index contributed by atoms with van der Waals surface area (Å²) in [6, 6.07) is 8.69. The van der Waals surface area contributed by atoms with E-state index in [0.717, 1.165) is 19.5 Å². The molecule has 19 heavy (non-hydrogen) atoms. The van der Waals surface area contributed by atoms with E-state index in [-0.39, 0.29) is 6.04 Å². The van der Waals surface area contributed by atoms with Crippen molar-refractivity contribution >= 4 is 5.69 Å². The summed E-state index contributed by atoms with van der Waals surface area (Å²) in [6.07, 6.45) is 3.71. The molecule has 1 saturated heterocycles. The minimum Gasteiger partial charge on any atom is -0.373 e. The number of nitrogens with zero attached hydrogens (tertiary/aromatic N) is 2. The summed E-state index contributed by atoms with van der Waals surface area (Å²) in [5.74, 6) is 0. The number of rotatable bonds is 6. The normalized spacial score (nSPS) is 17.6. The maximum atomic E-state index is 6.21. The Balaban J connectivity index is 1.99. The highest BCUT2D eigenvalue weighted by atomic mass is 15.2. The summed E-state index contributed by atoms with van der Waals surface area (Å²) in [6.45, 7) is 6.92. The smallest absolute Gasteiger partial charge is 0.0412 e. The first-order valence-corrected chi connectivity index (χ1v) is 7.50. The van der Waals surface area contributed by atoms with E-state index in [4.69, 9.17) is 5.73 Å². The van der Waals surface area contributed by atoms with Crippen molar-refractivity contribution in [3.63, 3.8) is 0 Å². The molecule has 0 unspecified atom stereocenters. The van der Waals surface area contributed by atoms with Crippen molar-refractivity contribution in [2.75, 3.05) is 38.1 Å². The Bertz CT molecular complexity index is 385. The Morgan fingerprint density at radius 1 is 1.26 bits per heavy atom. The molecule has 2 N–H and O–H groups in total. The van der Waals surface area contributed by atoms with Crippen molar-refractivity contribution in [3.05, 3.63) is 29.8 Å². The number of nitrogens with two attached hydrogens (primary N) is 1. The maximum Gasteiger partial charge on any atom is 0.0412 e. The number of hydrogen-bond donors (Lipinski definition) is 1. The zero-order valence-corrected chi connectivity index (χ0v) is 12.3. The third-order valence-electron chi connectivity index (χ3n) is 4.14. The lowest BCUT2D eigenvalue weighted by molar-refractivity contribution is 0.346. The molecule has 0 spiro atoms. The molecular formula is C16H27N3. The van der Waals surface area contributed by atoms with Gasteiger partial charge in [-0.25, -0.2) is 0 Å². The van der Waals surface area contributed by atoms with Crippen LogP contribution in [-0.2, 0) is 0 Å². The minimum atomic E-state index is 0.144. The first-order chi connectivity index (χ1) is 9.22. The Labute approximate surface area is 117 Å². The van der Waals surface area contributed by atoms with Crippen molar-refractivity contribution in [2.45, 2.75) is 32.2 Å². The second-order valence-electron chi connectivity index (χ2n) is 5.54. The van der Waals surface area contributed by atoms with E-state index in [1.54, 1.807) is 0 Å². The lowest BCUT2D eigenvalue weighted by atomic mass is 10.0. The SMILES string of the molecule is CC[C@@H](N)c1ccccc1N(C)CCN1CCCC1. The van der Waals surface area contributed by atoms with E-state index >= 15 is 0 Å². The molecule has 3 nitrogen and oxygen atoms in total. The average Bonchev–Trinajstić information content (AvgIpc) is 2.97. The molecule has 3 heteroatoms. The first kappa shape index (κ1) is 14.4. The van der Waals surface area contributed by atoms with Gasteiger partial charge >= 0.3 is 0 Å². The number of hydrogen-bond acceptors (Lipinski definition) is 3. The van der Waals surface area contributed by atoms with Gasteiger partial charge in [0.05, 0.1) is 0 Å². The molecule has 1 aliphatic heterocycles. The summed E-state index contributed by atoms with van der Waals surface area (Å²) in [5.41, 5.74) is 8.77. The van der Waals surface area contributed by atoms with E-state index in [1.807, 2.05) is 0 Å². The zero-order chi connectivity index (χ0) is 13.7. The lowest BCUT2D eigenvalue weighted by Crippen LogP contribution is -2.32. The van der Waals surface area contributed by atoms with Crippen LogP contribution in [0.2, 0.25) is 0 Å². The molecule has 1 aromatic rings. The summed E-state index contributed by atoms with van der Waals surface area (Å²) < 4.78 is 0. The quantitative estimate of drug-likeness (QED) is 0.854. The molecule has 1 atom stereocenters. The number of likely N-dealkylation sites (tertiary alicyclic amines) is 1. The molecule has 0 aliphatic carbocycles. The Hall–Kier alpha value is -1.06. The van der Waals surface area contributed by atoms with E-state index in [2.05, 4.69) is 48.0 Å². The van der Waals surface area contributed by atoms with E-state index in [1.165, 1.54) is 37.2 Å². The van der Waals surface area contributed by atoms with E-state index in [9.17, 15) is 0 Å². The fraction of sp³-hybridized carbons (Fsp3) is 0.625. The van der Waals surface area contributed by atoms with E-state index in [0.29, 0.717) is 0 Å². The minimum absolute atomic E-state index is 0.144. The Kier molecular flexibility index (Phi) is 5.23. The number of benzene rings is 1. The van der Waals surface area contributed by atoms with Crippen LogP contribution in [0, 0.1) is 0 Å². The molecule has 2 rings (SSSR count). The monoisotopic (exact) mass is 261 g/mol. The number of para-hydroxylation sites is 1. The zero-order valence-electron chi connectivity index (χ0n) is 12.3. The molecule has 0 bridgehead atoms. The summed E-state index contributed by atoms with van der Waals surface area (Å²) in [5, 5.41) is 0. The van der Waals surface area contributed by atoms with Crippen LogP contribution in [0.4, 0.5) is 5.69 Å². The third-order valence-corrected chi connectivity index (χ3v) is 4.14. The van der Waals surface area contributed by atoms with Crippen LogP contribution in [0.25, 0.3) is 0 Å². The van der Waals surface area contributed by atoms with Crippen molar-refractivity contribution in [1.29, 1.82) is 0 Å². The van der Waals surface area contributed by atoms with Crippen molar-refractivity contribution < 1.29 is 0 Å². The number of likely N-dealkylation sites (N-methyl/N-ethyl adjacent to an activating group) is 1. The van der Waals surface area contributed by atoms with Crippen LogP contribution in [-0.4, -0.2) is 38.1 Å². The molecule has 1 aromatic carbocycles. The van der Waals surface area contributed by atoms with Crippen molar-refractivity contribution in [1.82, 2.24) is 4.90 Å². The summed E-state index contributed by atoms with van der Waals surface area (Å²) in [7, 11) is 2.18. The molecule has 1 fully saturated rings. The van der Waals surface area contributed by atoms with Crippen LogP contribution in [0.15, 0.2) is 24.3 Å². The van der Waals surface area contributed by atoms with Crippen LogP contribution >= 0.6 is 0 Å². The molecule has 0 amide bonds. The second kappa shape index (κ2) is 6.92. The predicted octanol–water partition coefficient (Wildman–Crippen LogP) is 2.63. The molecule has 1 aliphatic rings. The predicted molar refractivity (Wildman–Crippen MR) is 82.6 cm³/mol. The van der Waals surface area contributed by atoms with Crippen molar-refractivity contribution in [2.24, 2.45) is 5.73 Å². The molecule has 1 heterocycles. The molecule has 0 aromatic heterocycles. The molecule has 106 valence electrons. The van der Waals surface area contributed by atoms with Crippen LogP contribution < -0.4 is 10.6 Å². The number of anilines is 1. The topological polar surface area (TPSA) is 32.5 Å². The van der Waals surface area contributed by atoms with Crippen molar-refractivity contribution in [3.8, 4) is 0 Å². The fourth-order valence-electron chi connectivity index (χ4n) is 2.79. The standard InChI is InChI=1S/C16H27N3/c1-3-15(17)14-8-4-5-9-16(14)18(2)12-13-19-10-6-7-11-19/h4-5,8-9,15H,3,6-7,10-13,17H2,1-2H3/t15-/m1/s1. The second-order valence-corrected chi connectivity index (χ2v) is 5.54. The van der Waals surface area contributed by atoms with Gasteiger partial charge in [-0.3, -0.25) is 0 Å². The highest BCUT2D eigenvalue weighted by molar-refractivity contribution is 5.54. The molecule has 0 saturated carbocycles. The molecule has 0 radical (unpaired) electrons. The van der Waals surface area contributed by atoms with Gasteiger partial charge in [0.2, 0.25) is 0 Å². The summed E-state index contributed by atoms with van der Waals surface area (Å²) >= 11 is 0. The summed E-state index contributed by atoms with van der Waals surface area (Å²) in [4.78, 5) is 4.90. The average molecular weight is 261 g/mol. The lowest BCUT2D eigenvalue weighted by Gasteiger charge is -2.26. The van der Waals surface area contributed by atoms with Gasteiger partial charge in [-0.05, 0) is 44.0 Å². The molecular weight excluding hydrogens is 234 g/mol. The fourth-order valence-corrected chi connectivity index (χ4v) is 2.79. The van der Waals surface area contributed by atoms with Gasteiger partial charge in [-0.15, -0.1) is 0 Å². The van der Waals surface area contributed by atoms with E-state index < -0.39 is 0 Å². The van der Waals surface area contributed by atoms with Gasteiger partial charge in [0.25, 0.3) is 0 Å². The van der Waals surface area contributed by atoms with Crippen LogP contribution in [0.5, 0.6) is 0 Å². The van der Waals surface area contributed by atoms with Gasteiger partial charge in [0.1, 0.15) is 0 Å². The maximum absolute atomic E-state index is 6.21. The van der Waals surface area contributed by atoms with Gasteiger partial charge in [0, 0.05) is 31.9 Å². The highest BCUT2D eigenvalue weighted by Crippen LogP contribution is 2.25. The Morgan fingerprint density at radius 2 is 1.95 bits per heavy atom. The van der Waals surface area contributed by atoms with Gasteiger partial charge in [-0.2, -0.15) is 0 Å². The van der Waals surface area contributed by atoms with Gasteiger partial charge < -0.3 is 15.5 Å².